The van der Waals surface area contributed by atoms with Gasteiger partial charge in [0.05, 0.1) is 5.41 Å². The van der Waals surface area contributed by atoms with Crippen molar-refractivity contribution in [2.75, 3.05) is 18.7 Å². The molecule has 1 saturated heterocycles. The van der Waals surface area contributed by atoms with Crippen LogP contribution in [0.3, 0.4) is 0 Å². The molecule has 1 amide bonds. The summed E-state index contributed by atoms with van der Waals surface area (Å²) in [7, 11) is 0. The van der Waals surface area contributed by atoms with Gasteiger partial charge in [0.2, 0.25) is 12.7 Å². The summed E-state index contributed by atoms with van der Waals surface area (Å²) in [5.74, 6) is 1.52. The van der Waals surface area contributed by atoms with Gasteiger partial charge in [-0.05, 0) is 74.2 Å². The maximum Gasteiger partial charge on any atom is 0.235 e. The fraction of sp³-hybridized carbons (Fsp3) is 0.375. The Labute approximate surface area is 177 Å². The average molecular weight is 408 g/mol. The minimum Gasteiger partial charge on any atom is -0.454 e. The second kappa shape index (κ2) is 6.77. The standard InChI is InChI=1S/C24H25N3O3.2H2/c28-23(24(8-9-24)16-4-7-21-22(13-16)30-14-29-21)26-17-5-6-18-15(11-17)12-20(27-18)19-3-1-2-10-25-19;;/h4-7,11-13,19,25,27H,1-3,8-10,14H2,(H,26,28);2*1H. The molecule has 1 unspecified atom stereocenters. The van der Waals surface area contributed by atoms with E-state index in [0.717, 1.165) is 59.5 Å². The summed E-state index contributed by atoms with van der Waals surface area (Å²) < 4.78 is 10.9. The van der Waals surface area contributed by atoms with E-state index in [1.165, 1.54) is 18.5 Å². The molecule has 3 heterocycles. The molecule has 3 aromatic rings. The lowest BCUT2D eigenvalue weighted by Gasteiger charge is -2.22. The first-order chi connectivity index (χ1) is 14.7. The van der Waals surface area contributed by atoms with Crippen LogP contribution in [0.25, 0.3) is 10.9 Å². The van der Waals surface area contributed by atoms with Crippen molar-refractivity contribution in [3.05, 3.63) is 53.7 Å². The van der Waals surface area contributed by atoms with Crippen LogP contribution in [-0.4, -0.2) is 24.2 Å². The number of aromatic nitrogens is 1. The molecule has 2 fully saturated rings. The molecular weight excluding hydrogens is 378 g/mol. The Kier molecular flexibility index (Phi) is 4.03. The van der Waals surface area contributed by atoms with Crippen LogP contribution in [0.1, 0.15) is 52.3 Å². The summed E-state index contributed by atoms with van der Waals surface area (Å²) in [6.07, 6.45) is 5.37. The first kappa shape index (κ1) is 17.8. The lowest BCUT2D eigenvalue weighted by molar-refractivity contribution is -0.118. The molecule has 6 nitrogen and oxygen atoms in total. The minimum absolute atomic E-state index is 0. The molecule has 158 valence electrons. The Morgan fingerprint density at radius 2 is 1.97 bits per heavy atom. The molecule has 2 aromatic carbocycles. The van der Waals surface area contributed by atoms with Crippen LogP contribution in [0.5, 0.6) is 11.5 Å². The van der Waals surface area contributed by atoms with E-state index in [1.54, 1.807) is 0 Å². The number of carbonyl (C=O) groups is 1. The predicted octanol–water partition coefficient (Wildman–Crippen LogP) is 4.87. The van der Waals surface area contributed by atoms with Gasteiger partial charge in [0.1, 0.15) is 0 Å². The number of hydrogen-bond donors (Lipinski definition) is 3. The lowest BCUT2D eigenvalue weighted by atomic mass is 9.94. The van der Waals surface area contributed by atoms with Gasteiger partial charge < -0.3 is 25.1 Å². The van der Waals surface area contributed by atoms with Crippen LogP contribution in [0.4, 0.5) is 5.69 Å². The number of nitrogens with one attached hydrogen (secondary N) is 3. The Morgan fingerprint density at radius 1 is 1.07 bits per heavy atom. The summed E-state index contributed by atoms with van der Waals surface area (Å²) >= 11 is 0. The van der Waals surface area contributed by atoms with Crippen LogP contribution in [-0.2, 0) is 10.2 Å². The fourth-order valence-corrected chi connectivity index (χ4v) is 4.75. The van der Waals surface area contributed by atoms with E-state index in [-0.39, 0.29) is 15.6 Å². The number of amides is 1. The van der Waals surface area contributed by atoms with Crippen LogP contribution in [0.15, 0.2) is 42.5 Å². The number of hydrogen-bond acceptors (Lipinski definition) is 4. The third-order valence-electron chi connectivity index (χ3n) is 6.69. The number of H-pyrrole nitrogens is 1. The Bertz CT molecular complexity index is 1140. The van der Waals surface area contributed by atoms with E-state index < -0.39 is 5.41 Å². The van der Waals surface area contributed by atoms with E-state index in [9.17, 15) is 4.79 Å². The Balaban J connectivity index is 0.00000122. The highest BCUT2D eigenvalue weighted by Crippen LogP contribution is 2.51. The highest BCUT2D eigenvalue weighted by Gasteiger charge is 2.51. The number of aromatic amines is 1. The van der Waals surface area contributed by atoms with Crippen LogP contribution in [0.2, 0.25) is 0 Å². The van der Waals surface area contributed by atoms with E-state index in [1.807, 2.05) is 24.3 Å². The Hall–Kier alpha value is -2.99. The fourth-order valence-electron chi connectivity index (χ4n) is 4.75. The van der Waals surface area contributed by atoms with Gasteiger partial charge in [-0.1, -0.05) is 12.5 Å². The highest BCUT2D eigenvalue weighted by molar-refractivity contribution is 6.02. The van der Waals surface area contributed by atoms with Gasteiger partial charge in [0.15, 0.2) is 11.5 Å². The van der Waals surface area contributed by atoms with Crippen LogP contribution in [0, 0.1) is 0 Å². The van der Waals surface area contributed by atoms with Crippen molar-refractivity contribution in [2.24, 2.45) is 0 Å². The van der Waals surface area contributed by atoms with Crippen molar-refractivity contribution in [1.29, 1.82) is 0 Å². The molecule has 1 atom stereocenters. The van der Waals surface area contributed by atoms with Gasteiger partial charge in [0, 0.05) is 31.2 Å². The second-order valence-electron chi connectivity index (χ2n) is 8.63. The molecule has 1 aromatic heterocycles. The van der Waals surface area contributed by atoms with Crippen molar-refractivity contribution >= 4 is 22.5 Å². The molecule has 2 aliphatic heterocycles. The maximum absolute atomic E-state index is 13.2. The van der Waals surface area contributed by atoms with Crippen molar-refractivity contribution in [3.63, 3.8) is 0 Å². The van der Waals surface area contributed by atoms with E-state index in [2.05, 4.69) is 33.8 Å². The predicted molar refractivity (Wildman–Crippen MR) is 119 cm³/mol. The number of benzene rings is 2. The molecule has 0 radical (unpaired) electrons. The van der Waals surface area contributed by atoms with E-state index in [0.29, 0.717) is 6.04 Å². The molecule has 1 aliphatic carbocycles. The first-order valence-corrected chi connectivity index (χ1v) is 10.8. The maximum atomic E-state index is 13.2. The lowest BCUT2D eigenvalue weighted by Crippen LogP contribution is -2.27. The van der Waals surface area contributed by atoms with Crippen LogP contribution < -0.4 is 20.1 Å². The smallest absolute Gasteiger partial charge is 0.235 e. The monoisotopic (exact) mass is 407 g/mol. The SMILES string of the molecule is O=C(Nc1ccc2[nH]c(C3CCCCN3)cc2c1)C1(c2ccc3c(c2)OCO3)CC1.[HH].[HH]. The number of piperidine rings is 1. The third kappa shape index (κ3) is 2.94. The van der Waals surface area contributed by atoms with Gasteiger partial charge in [-0.3, -0.25) is 4.79 Å². The summed E-state index contributed by atoms with van der Waals surface area (Å²) in [5.41, 5.74) is 3.70. The molecule has 6 heteroatoms. The third-order valence-corrected chi connectivity index (χ3v) is 6.69. The zero-order valence-corrected chi connectivity index (χ0v) is 16.8. The summed E-state index contributed by atoms with van der Waals surface area (Å²) in [5, 5.41) is 7.87. The molecule has 1 saturated carbocycles. The molecule has 0 bridgehead atoms. The van der Waals surface area contributed by atoms with Gasteiger partial charge in [0.25, 0.3) is 0 Å². The van der Waals surface area contributed by atoms with Gasteiger partial charge in [-0.25, -0.2) is 0 Å². The molecule has 3 N–H and O–H groups in total. The minimum atomic E-state index is -0.467. The van der Waals surface area contributed by atoms with Crippen molar-refractivity contribution in [2.45, 2.75) is 43.6 Å². The summed E-state index contributed by atoms with van der Waals surface area (Å²) in [6.45, 7) is 1.32. The molecule has 6 rings (SSSR count). The number of anilines is 1. The summed E-state index contributed by atoms with van der Waals surface area (Å²) in [4.78, 5) is 16.7. The number of carbonyl (C=O) groups excluding carboxylic acids is 1. The van der Waals surface area contributed by atoms with E-state index in [4.69, 9.17) is 9.47 Å². The first-order valence-electron chi connectivity index (χ1n) is 10.8. The Morgan fingerprint density at radius 3 is 2.80 bits per heavy atom. The van der Waals surface area contributed by atoms with Gasteiger partial charge in [-0.2, -0.15) is 0 Å². The zero-order valence-electron chi connectivity index (χ0n) is 16.8. The number of ether oxygens (including phenoxy) is 2. The zero-order chi connectivity index (χ0) is 20.1. The quantitative estimate of drug-likeness (QED) is 0.577. The highest BCUT2D eigenvalue weighted by atomic mass is 16.7. The topological polar surface area (TPSA) is 75.4 Å². The average Bonchev–Trinajstić information content (AvgIpc) is 3.27. The number of rotatable bonds is 4. The van der Waals surface area contributed by atoms with Crippen LogP contribution >= 0.6 is 0 Å². The molecule has 0 spiro atoms. The molecular formula is C24H29N3O3. The van der Waals surface area contributed by atoms with Crippen molar-refractivity contribution < 1.29 is 17.1 Å². The van der Waals surface area contributed by atoms with Gasteiger partial charge >= 0.3 is 0 Å². The van der Waals surface area contributed by atoms with E-state index >= 15 is 0 Å². The molecule has 30 heavy (non-hydrogen) atoms. The van der Waals surface area contributed by atoms with Crippen molar-refractivity contribution in [1.82, 2.24) is 10.3 Å². The largest absolute Gasteiger partial charge is 0.454 e. The normalized spacial score (nSPS) is 21.5. The second-order valence-corrected chi connectivity index (χ2v) is 8.63. The molecule has 3 aliphatic rings. The summed E-state index contributed by atoms with van der Waals surface area (Å²) in [6, 6.07) is 14.5. The number of fused-ring (bicyclic) bond motifs is 2. The van der Waals surface area contributed by atoms with Crippen molar-refractivity contribution in [3.8, 4) is 11.5 Å². The van der Waals surface area contributed by atoms with Gasteiger partial charge in [-0.15, -0.1) is 0 Å².